The van der Waals surface area contributed by atoms with Crippen LogP contribution < -0.4 is 14.4 Å². The second-order valence-electron chi connectivity index (χ2n) is 15.2. The average Bonchev–Trinajstić information content (AvgIpc) is 3.88. The molecule has 0 N–H and O–H groups in total. The van der Waals surface area contributed by atoms with Gasteiger partial charge in [0, 0.05) is 40.3 Å². The summed E-state index contributed by atoms with van der Waals surface area (Å²) >= 11 is 3.71. The predicted octanol–water partition coefficient (Wildman–Crippen LogP) is 16.8. The molecule has 2 aliphatic rings. The zero-order valence-corrected chi connectivity index (χ0v) is 33.1. The van der Waals surface area contributed by atoms with Gasteiger partial charge in [-0.15, -0.1) is 22.7 Å². The Hall–Kier alpha value is -7.18. The van der Waals surface area contributed by atoms with Crippen LogP contribution in [0.3, 0.4) is 0 Å². The molecule has 3 nitrogen and oxygen atoms in total. The molecule has 0 fully saturated rings. The van der Waals surface area contributed by atoms with Gasteiger partial charge in [-0.3, -0.25) is 4.90 Å². The maximum Gasteiger partial charge on any atom is 0.156 e. The fourth-order valence-electron chi connectivity index (χ4n) is 9.14. The van der Waals surface area contributed by atoms with Crippen molar-refractivity contribution in [3.8, 4) is 67.5 Å². The van der Waals surface area contributed by atoms with Gasteiger partial charge in [0.1, 0.15) is 5.69 Å². The summed E-state index contributed by atoms with van der Waals surface area (Å²) in [6.45, 7) is 0. The molecule has 13 rings (SSSR count). The van der Waals surface area contributed by atoms with Gasteiger partial charge >= 0.3 is 0 Å². The number of anilines is 3. The van der Waals surface area contributed by atoms with Gasteiger partial charge in [-0.2, -0.15) is 0 Å². The Morgan fingerprint density at radius 2 is 0.780 bits per heavy atom. The Morgan fingerprint density at radius 3 is 1.41 bits per heavy atom. The van der Waals surface area contributed by atoms with Crippen molar-refractivity contribution in [1.82, 2.24) is 0 Å². The molecular weight excluding hydrogens is 759 g/mol. The number of rotatable bonds is 4. The van der Waals surface area contributed by atoms with E-state index in [2.05, 4.69) is 181 Å². The summed E-state index contributed by atoms with van der Waals surface area (Å²) in [4.78, 5) is 2.29. The van der Waals surface area contributed by atoms with Crippen LogP contribution in [0, 0.1) is 0 Å². The van der Waals surface area contributed by atoms with Gasteiger partial charge in [0.15, 0.2) is 23.0 Å². The molecule has 0 aliphatic carbocycles. The number of ether oxygens (including phenoxy) is 2. The minimum atomic E-state index is 0.765. The average molecular weight is 790 g/mol. The Morgan fingerprint density at radius 1 is 0.322 bits per heavy atom. The van der Waals surface area contributed by atoms with Crippen molar-refractivity contribution in [2.45, 2.75) is 0 Å². The molecule has 59 heavy (non-hydrogen) atoms. The number of thiophene rings is 2. The summed E-state index contributed by atoms with van der Waals surface area (Å²) in [5.41, 5.74) is 12.2. The van der Waals surface area contributed by atoms with Crippen molar-refractivity contribution in [1.29, 1.82) is 0 Å². The summed E-state index contributed by atoms with van der Waals surface area (Å²) in [7, 11) is 0. The predicted molar refractivity (Wildman–Crippen MR) is 249 cm³/mol. The van der Waals surface area contributed by atoms with E-state index in [1.165, 1.54) is 62.6 Å². The van der Waals surface area contributed by atoms with E-state index in [0.717, 1.165) is 62.3 Å². The maximum atomic E-state index is 6.89. The highest BCUT2D eigenvalue weighted by molar-refractivity contribution is 7.26. The van der Waals surface area contributed by atoms with Crippen LogP contribution in [-0.2, 0) is 0 Å². The van der Waals surface area contributed by atoms with Gasteiger partial charge in [-0.25, -0.2) is 0 Å². The molecule has 0 amide bonds. The fourth-order valence-corrected chi connectivity index (χ4v) is 11.4. The molecule has 9 aromatic carbocycles. The first-order valence-corrected chi connectivity index (χ1v) is 21.4. The van der Waals surface area contributed by atoms with Crippen LogP contribution in [-0.4, -0.2) is 0 Å². The zero-order valence-electron chi connectivity index (χ0n) is 31.5. The van der Waals surface area contributed by atoms with Crippen molar-refractivity contribution in [3.05, 3.63) is 188 Å². The standard InChI is InChI=1S/C54H31NO2S2/c1-5-15-48-40(9-1)52-38(11-7-17-50(52)58-48)34-23-19-32(20-24-34)36-27-28-43-45(29-36)57-47-31-37(30-46-54(47)55(43)42-13-3-4-14-44(42)56-46)33-21-25-35(26-22-33)39-12-8-18-51-53(39)41-10-2-6-16-49(41)59-51/h1-31H. The van der Waals surface area contributed by atoms with E-state index < -0.39 is 0 Å². The van der Waals surface area contributed by atoms with Crippen LogP contribution in [0.25, 0.3) is 84.9 Å². The van der Waals surface area contributed by atoms with Gasteiger partial charge in [0.05, 0.1) is 11.4 Å². The summed E-state index contributed by atoms with van der Waals surface area (Å²) in [5, 5.41) is 5.26. The van der Waals surface area contributed by atoms with Crippen molar-refractivity contribution in [2.75, 3.05) is 4.90 Å². The van der Waals surface area contributed by atoms with Gasteiger partial charge in [0.25, 0.3) is 0 Å². The summed E-state index contributed by atoms with van der Waals surface area (Å²) in [6.07, 6.45) is 0. The molecule has 2 aromatic heterocycles. The SMILES string of the molecule is c1ccc2c(c1)Oc1cc(-c3ccc(-c4cccc5sc6ccccc6c45)cc3)cc3c1N2c1ccc(-c2ccc(-c4cccc5sc6ccccc6c45)cc2)cc1O3. The number of para-hydroxylation sites is 2. The summed E-state index contributed by atoms with van der Waals surface area (Å²) < 4.78 is 18.8. The van der Waals surface area contributed by atoms with Crippen LogP contribution in [0.5, 0.6) is 23.0 Å². The van der Waals surface area contributed by atoms with Gasteiger partial charge < -0.3 is 9.47 Å². The molecule has 2 aliphatic heterocycles. The van der Waals surface area contributed by atoms with Crippen LogP contribution in [0.4, 0.5) is 17.1 Å². The van der Waals surface area contributed by atoms with E-state index in [1.54, 1.807) is 0 Å². The number of hydrogen-bond donors (Lipinski definition) is 0. The second-order valence-corrected chi connectivity index (χ2v) is 17.4. The minimum absolute atomic E-state index is 0.765. The highest BCUT2D eigenvalue weighted by Gasteiger charge is 2.35. The van der Waals surface area contributed by atoms with Gasteiger partial charge in [0.2, 0.25) is 0 Å². The highest BCUT2D eigenvalue weighted by atomic mass is 32.1. The third kappa shape index (κ3) is 5.05. The van der Waals surface area contributed by atoms with Crippen LogP contribution >= 0.6 is 22.7 Å². The lowest BCUT2D eigenvalue weighted by atomic mass is 9.95. The first-order valence-electron chi connectivity index (χ1n) is 19.8. The molecule has 11 aromatic rings. The molecule has 0 bridgehead atoms. The Kier molecular flexibility index (Phi) is 7.05. The van der Waals surface area contributed by atoms with Crippen molar-refractivity contribution in [3.63, 3.8) is 0 Å². The number of benzene rings is 9. The topological polar surface area (TPSA) is 21.7 Å². The molecule has 0 unspecified atom stereocenters. The highest BCUT2D eigenvalue weighted by Crippen LogP contribution is 2.61. The normalized spacial score (nSPS) is 12.6. The smallest absolute Gasteiger partial charge is 0.156 e. The van der Waals surface area contributed by atoms with E-state index in [9.17, 15) is 0 Å². The van der Waals surface area contributed by atoms with Crippen molar-refractivity contribution in [2.24, 2.45) is 0 Å². The second kappa shape index (κ2) is 12.7. The van der Waals surface area contributed by atoms with E-state index in [0.29, 0.717) is 0 Å². The molecule has 5 heteroatoms. The number of hydrogen-bond acceptors (Lipinski definition) is 5. The van der Waals surface area contributed by atoms with E-state index in [-0.39, 0.29) is 0 Å². The van der Waals surface area contributed by atoms with Gasteiger partial charge in [-0.05, 0) is 105 Å². The lowest BCUT2D eigenvalue weighted by Crippen LogP contribution is -2.20. The quantitative estimate of drug-likeness (QED) is 0.177. The van der Waals surface area contributed by atoms with Crippen molar-refractivity contribution >= 4 is 80.1 Å². The lowest BCUT2D eigenvalue weighted by molar-refractivity contribution is 0.446. The molecule has 0 saturated carbocycles. The Labute approximate surface area is 348 Å². The van der Waals surface area contributed by atoms with Crippen LogP contribution in [0.1, 0.15) is 0 Å². The molecule has 276 valence electrons. The monoisotopic (exact) mass is 789 g/mol. The van der Waals surface area contributed by atoms with Gasteiger partial charge in [-0.1, -0.05) is 127 Å². The molecule has 0 spiro atoms. The number of nitrogens with zero attached hydrogens (tertiary/aromatic N) is 1. The molecular formula is C54H31NO2S2. The Bertz CT molecular complexity index is 3510. The third-order valence-electron chi connectivity index (χ3n) is 11.9. The zero-order chi connectivity index (χ0) is 38.6. The largest absolute Gasteiger partial charge is 0.453 e. The molecule has 0 saturated heterocycles. The van der Waals surface area contributed by atoms with Crippen LogP contribution in [0.15, 0.2) is 188 Å². The van der Waals surface area contributed by atoms with E-state index >= 15 is 0 Å². The molecule has 0 radical (unpaired) electrons. The number of fused-ring (bicyclic) bond motifs is 10. The molecule has 0 atom stereocenters. The first kappa shape index (κ1) is 32.9. The summed E-state index contributed by atoms with van der Waals surface area (Å²) in [5.74, 6) is 3.16. The van der Waals surface area contributed by atoms with Crippen LogP contribution in [0.2, 0.25) is 0 Å². The lowest BCUT2D eigenvalue weighted by Gasteiger charge is -2.38. The molecule has 4 heterocycles. The minimum Gasteiger partial charge on any atom is -0.453 e. The first-order chi connectivity index (χ1) is 29.2. The fraction of sp³-hybridized carbons (Fsp3) is 0. The summed E-state index contributed by atoms with van der Waals surface area (Å²) in [6, 6.07) is 67.6. The van der Waals surface area contributed by atoms with E-state index in [1.807, 2.05) is 34.8 Å². The maximum absolute atomic E-state index is 6.89. The van der Waals surface area contributed by atoms with E-state index in [4.69, 9.17) is 9.47 Å². The Balaban J connectivity index is 0.876. The third-order valence-corrected chi connectivity index (χ3v) is 14.1. The van der Waals surface area contributed by atoms with Crippen molar-refractivity contribution < 1.29 is 9.47 Å².